The molecule has 1 nitrogen and oxygen atoms in total. The van der Waals surface area contributed by atoms with Crippen molar-refractivity contribution in [1.82, 2.24) is 0 Å². The lowest BCUT2D eigenvalue weighted by Gasteiger charge is -2.38. The van der Waals surface area contributed by atoms with Crippen LogP contribution in [0.4, 0.5) is 0 Å². The lowest BCUT2D eigenvalue weighted by atomic mass is 9.73. The second-order valence-electron chi connectivity index (χ2n) is 6.05. The molecule has 0 aromatic rings. The van der Waals surface area contributed by atoms with Crippen LogP contribution in [0.25, 0.3) is 0 Å². The lowest BCUT2D eigenvalue weighted by molar-refractivity contribution is 0.184. The van der Waals surface area contributed by atoms with Crippen molar-refractivity contribution in [2.75, 3.05) is 0 Å². The number of allylic oxidation sites excluding steroid dienone is 2. The molecule has 0 radical (unpaired) electrons. The van der Waals surface area contributed by atoms with Gasteiger partial charge in [-0.25, -0.2) is 0 Å². The zero-order valence-electron chi connectivity index (χ0n) is 10.4. The molecule has 0 aromatic heterocycles. The predicted molar refractivity (Wildman–Crippen MR) is 67.2 cm³/mol. The van der Waals surface area contributed by atoms with Gasteiger partial charge in [-0.05, 0) is 57.3 Å². The second kappa shape index (κ2) is 4.32. The van der Waals surface area contributed by atoms with Crippen LogP contribution in [0.5, 0.6) is 0 Å². The van der Waals surface area contributed by atoms with Crippen LogP contribution in [0.15, 0.2) is 11.8 Å². The van der Waals surface area contributed by atoms with E-state index in [0.29, 0.717) is 0 Å². The van der Waals surface area contributed by atoms with E-state index >= 15 is 0 Å². The van der Waals surface area contributed by atoms with Crippen molar-refractivity contribution in [2.24, 2.45) is 11.8 Å². The minimum Gasteiger partial charge on any atom is -0.547 e. The molecular formula is C13H24OSi. The van der Waals surface area contributed by atoms with E-state index < -0.39 is 8.32 Å². The molecule has 2 atom stereocenters. The van der Waals surface area contributed by atoms with Crippen LogP contribution in [-0.4, -0.2) is 8.32 Å². The van der Waals surface area contributed by atoms with Crippen LogP contribution in [0.1, 0.15) is 38.5 Å². The van der Waals surface area contributed by atoms with Gasteiger partial charge in [0, 0.05) is 5.92 Å². The molecule has 2 heteroatoms. The fraction of sp³-hybridized carbons (Fsp3) is 0.846. The third-order valence-electron chi connectivity index (χ3n) is 3.58. The molecule has 0 amide bonds. The van der Waals surface area contributed by atoms with E-state index in [4.69, 9.17) is 4.43 Å². The van der Waals surface area contributed by atoms with Gasteiger partial charge in [0.2, 0.25) is 8.32 Å². The molecule has 0 unspecified atom stereocenters. The summed E-state index contributed by atoms with van der Waals surface area (Å²) < 4.78 is 6.25. The molecule has 1 saturated carbocycles. The fourth-order valence-electron chi connectivity index (χ4n) is 2.99. The van der Waals surface area contributed by atoms with E-state index in [2.05, 4.69) is 25.7 Å². The van der Waals surface area contributed by atoms with Crippen molar-refractivity contribution in [2.45, 2.75) is 58.2 Å². The van der Waals surface area contributed by atoms with Crippen LogP contribution < -0.4 is 0 Å². The van der Waals surface area contributed by atoms with E-state index in [9.17, 15) is 0 Å². The Morgan fingerprint density at radius 3 is 2.60 bits per heavy atom. The highest BCUT2D eigenvalue weighted by atomic mass is 28.4. The number of rotatable bonds is 2. The van der Waals surface area contributed by atoms with Gasteiger partial charge in [0.1, 0.15) is 0 Å². The van der Waals surface area contributed by atoms with E-state index in [1.165, 1.54) is 44.3 Å². The van der Waals surface area contributed by atoms with Crippen molar-refractivity contribution >= 4 is 8.32 Å². The molecule has 2 aliphatic carbocycles. The summed E-state index contributed by atoms with van der Waals surface area (Å²) in [6.07, 6.45) is 10.7. The summed E-state index contributed by atoms with van der Waals surface area (Å²) in [4.78, 5) is 0. The summed E-state index contributed by atoms with van der Waals surface area (Å²) in [6, 6.07) is 0. The first-order chi connectivity index (χ1) is 7.06. The summed E-state index contributed by atoms with van der Waals surface area (Å²) in [7, 11) is -1.39. The Hall–Kier alpha value is -0.243. The number of fused-ring (bicyclic) bond motifs is 1. The molecule has 1 fully saturated rings. The zero-order valence-corrected chi connectivity index (χ0v) is 11.4. The van der Waals surface area contributed by atoms with E-state index in [1.807, 2.05) is 0 Å². The first-order valence-corrected chi connectivity index (χ1v) is 9.86. The summed E-state index contributed by atoms with van der Waals surface area (Å²) in [5.74, 6) is 3.08. The smallest absolute Gasteiger partial charge is 0.241 e. The van der Waals surface area contributed by atoms with E-state index in [-0.39, 0.29) is 0 Å². The first-order valence-electron chi connectivity index (χ1n) is 6.45. The molecule has 0 heterocycles. The molecule has 0 spiro atoms. The van der Waals surface area contributed by atoms with Gasteiger partial charge in [-0.2, -0.15) is 0 Å². The first kappa shape index (κ1) is 11.2. The fourth-order valence-corrected chi connectivity index (χ4v) is 3.93. The molecule has 0 aromatic carbocycles. The van der Waals surface area contributed by atoms with Gasteiger partial charge in [0.15, 0.2) is 0 Å². The highest BCUT2D eigenvalue weighted by Gasteiger charge is 2.33. The maximum atomic E-state index is 6.25. The van der Waals surface area contributed by atoms with Gasteiger partial charge in [0.25, 0.3) is 0 Å². The maximum absolute atomic E-state index is 6.25. The molecular weight excluding hydrogens is 200 g/mol. The maximum Gasteiger partial charge on any atom is 0.241 e. The Labute approximate surface area is 95.0 Å². The van der Waals surface area contributed by atoms with Crippen LogP contribution in [0.3, 0.4) is 0 Å². The van der Waals surface area contributed by atoms with Crippen LogP contribution in [-0.2, 0) is 4.43 Å². The van der Waals surface area contributed by atoms with E-state index in [1.54, 1.807) is 0 Å². The van der Waals surface area contributed by atoms with Gasteiger partial charge in [-0.15, -0.1) is 0 Å². The van der Waals surface area contributed by atoms with Crippen molar-refractivity contribution in [1.29, 1.82) is 0 Å². The quantitative estimate of drug-likeness (QED) is 0.635. The number of hydrogen-bond acceptors (Lipinski definition) is 1. The zero-order chi connectivity index (χ0) is 10.9. The van der Waals surface area contributed by atoms with Gasteiger partial charge in [-0.3, -0.25) is 0 Å². The van der Waals surface area contributed by atoms with Crippen LogP contribution in [0, 0.1) is 11.8 Å². The predicted octanol–water partition coefficient (Wildman–Crippen LogP) is 4.32. The van der Waals surface area contributed by atoms with Crippen molar-refractivity contribution in [3.05, 3.63) is 11.8 Å². The molecule has 0 N–H and O–H groups in total. The topological polar surface area (TPSA) is 9.23 Å². The third-order valence-corrected chi connectivity index (χ3v) is 4.43. The molecule has 0 bridgehead atoms. The van der Waals surface area contributed by atoms with Crippen LogP contribution in [0.2, 0.25) is 19.6 Å². The summed E-state index contributed by atoms with van der Waals surface area (Å²) in [5.41, 5.74) is 0. The Morgan fingerprint density at radius 1 is 1.13 bits per heavy atom. The monoisotopic (exact) mass is 224 g/mol. The average Bonchev–Trinajstić information content (AvgIpc) is 2.16. The average molecular weight is 224 g/mol. The van der Waals surface area contributed by atoms with Gasteiger partial charge in [0.05, 0.1) is 5.76 Å². The van der Waals surface area contributed by atoms with Crippen molar-refractivity contribution < 1.29 is 4.43 Å². The van der Waals surface area contributed by atoms with Gasteiger partial charge in [-0.1, -0.05) is 12.8 Å². The van der Waals surface area contributed by atoms with Crippen molar-refractivity contribution in [3.8, 4) is 0 Å². The SMILES string of the molecule is C[Si](C)(C)OC1=CCC[C@@H]2CCCC[C@H]12. The molecule has 2 aliphatic rings. The molecule has 0 saturated heterocycles. The number of hydrogen-bond donors (Lipinski definition) is 0. The molecule has 2 rings (SSSR count). The van der Waals surface area contributed by atoms with E-state index in [0.717, 1.165) is 11.8 Å². The summed E-state index contributed by atoms with van der Waals surface area (Å²) in [6.45, 7) is 6.88. The Morgan fingerprint density at radius 2 is 1.87 bits per heavy atom. The molecule has 15 heavy (non-hydrogen) atoms. The summed E-state index contributed by atoms with van der Waals surface area (Å²) in [5, 5.41) is 0. The largest absolute Gasteiger partial charge is 0.547 e. The minimum atomic E-state index is -1.39. The highest BCUT2D eigenvalue weighted by Crippen LogP contribution is 2.42. The Bertz CT molecular complexity index is 252. The minimum absolute atomic E-state index is 0.777. The normalized spacial score (nSPS) is 31.8. The molecule has 86 valence electrons. The van der Waals surface area contributed by atoms with Crippen molar-refractivity contribution in [3.63, 3.8) is 0 Å². The summed E-state index contributed by atoms with van der Waals surface area (Å²) >= 11 is 0. The Balaban J connectivity index is 2.06. The second-order valence-corrected chi connectivity index (χ2v) is 10.5. The lowest BCUT2D eigenvalue weighted by Crippen LogP contribution is -2.32. The van der Waals surface area contributed by atoms with Crippen LogP contribution >= 0.6 is 0 Å². The third kappa shape index (κ3) is 2.87. The Kier molecular flexibility index (Phi) is 3.24. The van der Waals surface area contributed by atoms with Gasteiger partial charge < -0.3 is 4.43 Å². The standard InChI is InChI=1S/C13H24OSi/c1-15(2,3)14-13-10-6-8-11-7-4-5-9-12(11)13/h10-12H,4-9H2,1-3H3/t11-,12-/m0/s1. The molecule has 0 aliphatic heterocycles. The van der Waals surface area contributed by atoms with Gasteiger partial charge >= 0.3 is 0 Å². The highest BCUT2D eigenvalue weighted by molar-refractivity contribution is 6.70.